The van der Waals surface area contributed by atoms with E-state index >= 15 is 0 Å². The van der Waals surface area contributed by atoms with Gasteiger partial charge in [-0.1, -0.05) is 28.1 Å². The van der Waals surface area contributed by atoms with Crippen LogP contribution in [-0.4, -0.2) is 6.21 Å². The molecule has 2 heteroatoms. The van der Waals surface area contributed by atoms with E-state index < -0.39 is 0 Å². The molecule has 0 saturated heterocycles. The van der Waals surface area contributed by atoms with Gasteiger partial charge in [0.05, 0.1) is 0 Å². The minimum atomic E-state index is 0.378. The molecule has 1 aromatic carbocycles. The van der Waals surface area contributed by atoms with Crippen LogP contribution in [-0.2, 0) is 0 Å². The van der Waals surface area contributed by atoms with Crippen LogP contribution in [0.25, 0.3) is 6.08 Å². The van der Waals surface area contributed by atoms with E-state index in [-0.39, 0.29) is 0 Å². The smallest absolute Gasteiger partial charge is 0.0450 e. The standard InChI is InChI=1S/C12H8BrN/c13-10-1-2-11-9(6-10)5-8-3-4-14-7-12(8)11/h1-7,12H. The number of aliphatic imine (C=N–C) groups is 1. The van der Waals surface area contributed by atoms with Gasteiger partial charge >= 0.3 is 0 Å². The summed E-state index contributed by atoms with van der Waals surface area (Å²) in [5.74, 6) is 0.378. The summed E-state index contributed by atoms with van der Waals surface area (Å²) in [7, 11) is 0. The van der Waals surface area contributed by atoms with E-state index in [1.165, 1.54) is 16.7 Å². The Kier molecular flexibility index (Phi) is 1.71. The molecule has 0 amide bonds. The summed E-state index contributed by atoms with van der Waals surface area (Å²) < 4.78 is 1.13. The third-order valence-electron chi connectivity index (χ3n) is 2.65. The molecule has 0 radical (unpaired) electrons. The van der Waals surface area contributed by atoms with Gasteiger partial charge in [-0.15, -0.1) is 0 Å². The molecule has 1 heterocycles. The molecule has 3 rings (SSSR count). The lowest BCUT2D eigenvalue weighted by molar-refractivity contribution is 1.12. The van der Waals surface area contributed by atoms with Crippen molar-refractivity contribution in [3.8, 4) is 0 Å². The average molecular weight is 246 g/mol. The van der Waals surface area contributed by atoms with Crippen molar-refractivity contribution >= 4 is 28.2 Å². The summed E-state index contributed by atoms with van der Waals surface area (Å²) in [6, 6.07) is 6.41. The van der Waals surface area contributed by atoms with E-state index in [9.17, 15) is 0 Å². The quantitative estimate of drug-likeness (QED) is 0.664. The number of allylic oxidation sites excluding steroid dienone is 2. The van der Waals surface area contributed by atoms with Gasteiger partial charge in [-0.2, -0.15) is 0 Å². The molecule has 1 aliphatic carbocycles. The van der Waals surface area contributed by atoms with Crippen LogP contribution >= 0.6 is 15.9 Å². The first kappa shape index (κ1) is 8.18. The molecule has 1 unspecified atom stereocenters. The number of rotatable bonds is 0. The topological polar surface area (TPSA) is 12.4 Å². The minimum Gasteiger partial charge on any atom is -0.268 e. The van der Waals surface area contributed by atoms with Crippen molar-refractivity contribution in [1.82, 2.24) is 0 Å². The first-order valence-corrected chi connectivity index (χ1v) is 5.35. The van der Waals surface area contributed by atoms with Gasteiger partial charge in [0.2, 0.25) is 0 Å². The SMILES string of the molecule is Brc1ccc2c(c1)C=C1C=CN=CC12. The van der Waals surface area contributed by atoms with Gasteiger partial charge in [-0.3, -0.25) is 4.99 Å². The van der Waals surface area contributed by atoms with Crippen molar-refractivity contribution in [2.45, 2.75) is 5.92 Å². The second-order valence-corrected chi connectivity index (χ2v) is 4.42. The zero-order valence-corrected chi connectivity index (χ0v) is 9.03. The minimum absolute atomic E-state index is 0.378. The third-order valence-corrected chi connectivity index (χ3v) is 3.15. The van der Waals surface area contributed by atoms with E-state index in [0.717, 1.165) is 4.47 Å². The molecule has 0 spiro atoms. The number of hydrogen-bond acceptors (Lipinski definition) is 1. The number of hydrogen-bond donors (Lipinski definition) is 0. The van der Waals surface area contributed by atoms with Crippen molar-refractivity contribution in [2.75, 3.05) is 0 Å². The van der Waals surface area contributed by atoms with Crippen LogP contribution in [0.3, 0.4) is 0 Å². The molecule has 0 aromatic heterocycles. The molecule has 1 aliphatic heterocycles. The van der Waals surface area contributed by atoms with E-state index in [1.807, 2.05) is 12.4 Å². The highest BCUT2D eigenvalue weighted by Gasteiger charge is 2.23. The van der Waals surface area contributed by atoms with Gasteiger partial charge in [0, 0.05) is 22.8 Å². The van der Waals surface area contributed by atoms with Gasteiger partial charge in [0.25, 0.3) is 0 Å². The molecule has 1 aromatic rings. The summed E-state index contributed by atoms with van der Waals surface area (Å²) in [4.78, 5) is 4.18. The van der Waals surface area contributed by atoms with E-state index in [4.69, 9.17) is 0 Å². The molecular formula is C12H8BrN. The highest BCUT2D eigenvalue weighted by atomic mass is 79.9. The number of fused-ring (bicyclic) bond motifs is 3. The van der Waals surface area contributed by atoms with Gasteiger partial charge < -0.3 is 0 Å². The summed E-state index contributed by atoms with van der Waals surface area (Å²) >= 11 is 3.48. The molecule has 0 N–H and O–H groups in total. The van der Waals surface area contributed by atoms with Crippen LogP contribution in [0.1, 0.15) is 17.0 Å². The summed E-state index contributed by atoms with van der Waals surface area (Å²) in [5, 5.41) is 0. The first-order valence-electron chi connectivity index (χ1n) is 4.55. The predicted molar refractivity (Wildman–Crippen MR) is 62.5 cm³/mol. The molecular weight excluding hydrogens is 238 g/mol. The van der Waals surface area contributed by atoms with Crippen LogP contribution in [0.4, 0.5) is 0 Å². The molecule has 2 aliphatic rings. The van der Waals surface area contributed by atoms with E-state index in [2.05, 4.69) is 51.3 Å². The Morgan fingerprint density at radius 1 is 1.29 bits per heavy atom. The van der Waals surface area contributed by atoms with Crippen molar-refractivity contribution in [2.24, 2.45) is 4.99 Å². The van der Waals surface area contributed by atoms with E-state index in [0.29, 0.717) is 5.92 Å². The lowest BCUT2D eigenvalue weighted by Gasteiger charge is -2.10. The van der Waals surface area contributed by atoms with Crippen LogP contribution in [0, 0.1) is 0 Å². The maximum Gasteiger partial charge on any atom is 0.0450 e. The fourth-order valence-corrected chi connectivity index (χ4v) is 2.36. The highest BCUT2D eigenvalue weighted by molar-refractivity contribution is 9.10. The largest absolute Gasteiger partial charge is 0.268 e. The third kappa shape index (κ3) is 1.11. The van der Waals surface area contributed by atoms with Crippen molar-refractivity contribution < 1.29 is 0 Å². The lowest BCUT2D eigenvalue weighted by atomic mass is 9.96. The maximum absolute atomic E-state index is 4.18. The zero-order chi connectivity index (χ0) is 9.54. The van der Waals surface area contributed by atoms with Crippen molar-refractivity contribution in [3.05, 3.63) is 51.6 Å². The Balaban J connectivity index is 2.20. The Morgan fingerprint density at radius 2 is 2.21 bits per heavy atom. The molecule has 14 heavy (non-hydrogen) atoms. The number of benzene rings is 1. The van der Waals surface area contributed by atoms with Crippen LogP contribution in [0.5, 0.6) is 0 Å². The van der Waals surface area contributed by atoms with Gasteiger partial charge in [-0.25, -0.2) is 0 Å². The summed E-state index contributed by atoms with van der Waals surface area (Å²) in [6.45, 7) is 0. The number of nitrogens with zero attached hydrogens (tertiary/aromatic N) is 1. The Bertz CT molecular complexity index is 483. The fourth-order valence-electron chi connectivity index (χ4n) is 1.99. The molecule has 68 valence electrons. The van der Waals surface area contributed by atoms with Gasteiger partial charge in [-0.05, 0) is 34.9 Å². The molecule has 0 fully saturated rings. The lowest BCUT2D eigenvalue weighted by Crippen LogP contribution is -2.01. The van der Waals surface area contributed by atoms with Crippen molar-refractivity contribution in [3.63, 3.8) is 0 Å². The van der Waals surface area contributed by atoms with E-state index in [1.54, 1.807) is 0 Å². The number of halogens is 1. The Labute approximate surface area is 91.0 Å². The van der Waals surface area contributed by atoms with Gasteiger partial charge in [0.1, 0.15) is 0 Å². The van der Waals surface area contributed by atoms with Gasteiger partial charge in [0.15, 0.2) is 0 Å². The second-order valence-electron chi connectivity index (χ2n) is 3.51. The average Bonchev–Trinajstić information content (AvgIpc) is 2.54. The summed E-state index contributed by atoms with van der Waals surface area (Å²) in [6.07, 6.45) is 8.17. The first-order chi connectivity index (χ1) is 6.84. The zero-order valence-electron chi connectivity index (χ0n) is 7.44. The Morgan fingerprint density at radius 3 is 3.14 bits per heavy atom. The molecule has 1 atom stereocenters. The molecule has 0 saturated carbocycles. The van der Waals surface area contributed by atoms with Crippen molar-refractivity contribution in [1.29, 1.82) is 0 Å². The normalized spacial score (nSPS) is 21.8. The van der Waals surface area contributed by atoms with Crippen LogP contribution < -0.4 is 0 Å². The summed E-state index contributed by atoms with van der Waals surface area (Å²) in [5.41, 5.74) is 4.00. The van der Waals surface area contributed by atoms with Crippen LogP contribution in [0.15, 0.2) is 45.5 Å². The molecule has 0 bridgehead atoms. The maximum atomic E-state index is 4.18. The molecule has 1 nitrogen and oxygen atoms in total. The monoisotopic (exact) mass is 245 g/mol. The highest BCUT2D eigenvalue weighted by Crippen LogP contribution is 2.38. The van der Waals surface area contributed by atoms with Crippen LogP contribution in [0.2, 0.25) is 0 Å². The fraction of sp³-hybridized carbons (Fsp3) is 0.0833. The Hall–Kier alpha value is -1.15. The second kappa shape index (κ2) is 2.92. The predicted octanol–water partition coefficient (Wildman–Crippen LogP) is 3.53.